The third-order valence-corrected chi connectivity index (χ3v) is 5.52. The number of hydrogen-bond acceptors (Lipinski definition) is 1. The molecule has 0 aliphatic heterocycles. The van der Waals surface area contributed by atoms with E-state index in [4.69, 9.17) is 5.73 Å². The molecule has 0 radical (unpaired) electrons. The predicted molar refractivity (Wildman–Crippen MR) is 114 cm³/mol. The molecule has 158 valence electrons. The van der Waals surface area contributed by atoms with E-state index in [1.807, 2.05) is 0 Å². The lowest BCUT2D eigenvalue weighted by molar-refractivity contribution is -0.703. The molecule has 2 nitrogen and oxygen atoms in total. The molecule has 27 heavy (non-hydrogen) atoms. The van der Waals surface area contributed by atoms with Crippen molar-refractivity contribution in [3.05, 3.63) is 30.1 Å². The van der Waals surface area contributed by atoms with Gasteiger partial charge in [0.2, 0.25) is 0 Å². The molecule has 3 heteroatoms. The van der Waals surface area contributed by atoms with E-state index in [0.29, 0.717) is 6.67 Å². The molecule has 1 rings (SSSR count). The third kappa shape index (κ3) is 15.0. The Balaban J connectivity index is 0.00000676. The van der Waals surface area contributed by atoms with Gasteiger partial charge in [-0.05, 0) is 6.42 Å². The lowest BCUT2D eigenvalue weighted by atomic mass is 10.0. The summed E-state index contributed by atoms with van der Waals surface area (Å²) in [6, 6.07) is 6.38. The van der Waals surface area contributed by atoms with Gasteiger partial charge in [0.25, 0.3) is 0 Å². The molecule has 1 heterocycles. The molecule has 0 amide bonds. The largest absolute Gasteiger partial charge is 1.00 e. The van der Waals surface area contributed by atoms with E-state index in [0.717, 1.165) is 6.42 Å². The summed E-state index contributed by atoms with van der Waals surface area (Å²) in [5.74, 6) is 0. The van der Waals surface area contributed by atoms with Crippen LogP contribution in [0.15, 0.2) is 24.4 Å². The van der Waals surface area contributed by atoms with Crippen LogP contribution in [0.5, 0.6) is 0 Å². The highest BCUT2D eigenvalue weighted by Crippen LogP contribution is 2.14. The molecule has 0 spiro atoms. The zero-order valence-corrected chi connectivity index (χ0v) is 18.7. The molecule has 0 aliphatic rings. The van der Waals surface area contributed by atoms with Crippen LogP contribution in [0.4, 0.5) is 0 Å². The van der Waals surface area contributed by atoms with Crippen molar-refractivity contribution in [3.8, 4) is 0 Å². The van der Waals surface area contributed by atoms with Gasteiger partial charge in [-0.2, -0.15) is 4.57 Å². The van der Waals surface area contributed by atoms with E-state index >= 15 is 0 Å². The first-order valence-corrected chi connectivity index (χ1v) is 11.6. The van der Waals surface area contributed by atoms with Crippen LogP contribution in [0.25, 0.3) is 0 Å². The Morgan fingerprint density at radius 3 is 1.56 bits per heavy atom. The summed E-state index contributed by atoms with van der Waals surface area (Å²) in [6.07, 6.45) is 26.1. The Morgan fingerprint density at radius 1 is 0.667 bits per heavy atom. The monoisotopic (exact) mass is 396 g/mol. The Kier molecular flexibility index (Phi) is 19.7. The fourth-order valence-corrected chi connectivity index (χ4v) is 3.77. The average molecular weight is 397 g/mol. The molecule has 0 saturated heterocycles. The normalized spacial score (nSPS) is 10.7. The number of nitrogens with two attached hydrogens (primary N) is 1. The van der Waals surface area contributed by atoms with Gasteiger partial charge >= 0.3 is 0 Å². The van der Waals surface area contributed by atoms with Gasteiger partial charge in [0.1, 0.15) is 0 Å². The van der Waals surface area contributed by atoms with Gasteiger partial charge in [-0.25, -0.2) is 0 Å². The fourth-order valence-electron chi connectivity index (χ4n) is 3.77. The molecule has 0 aliphatic carbocycles. The number of aryl methyl sites for hydroxylation is 1. The van der Waals surface area contributed by atoms with Crippen molar-refractivity contribution in [2.75, 3.05) is 0 Å². The maximum Gasteiger partial charge on any atom is 0.199 e. The molecular weight excluding hydrogens is 352 g/mol. The first kappa shape index (κ1) is 26.4. The lowest BCUT2D eigenvalue weighted by Crippen LogP contribution is -3.00. The number of rotatable bonds is 18. The quantitative estimate of drug-likeness (QED) is 0.297. The summed E-state index contributed by atoms with van der Waals surface area (Å²) >= 11 is 0. The standard InChI is InChI=1S/C24H45N2.ClH/c1-2-3-4-5-6-7-8-9-10-11-12-13-14-15-16-17-20-24-21-18-19-22-26(24)23-25;/h18-19,21-22H,2-17,20,23,25H2,1H3;1H/q+1;/p-1. The van der Waals surface area contributed by atoms with Crippen molar-refractivity contribution in [3.63, 3.8) is 0 Å². The van der Waals surface area contributed by atoms with Crippen LogP contribution >= 0.6 is 0 Å². The molecular formula is C24H45ClN2. The third-order valence-electron chi connectivity index (χ3n) is 5.52. The van der Waals surface area contributed by atoms with Crippen molar-refractivity contribution in [1.29, 1.82) is 0 Å². The number of pyridine rings is 1. The second-order valence-electron chi connectivity index (χ2n) is 7.90. The van der Waals surface area contributed by atoms with Crippen molar-refractivity contribution < 1.29 is 17.0 Å². The van der Waals surface area contributed by atoms with E-state index in [-0.39, 0.29) is 12.4 Å². The second-order valence-corrected chi connectivity index (χ2v) is 7.90. The van der Waals surface area contributed by atoms with Crippen molar-refractivity contribution >= 4 is 0 Å². The maximum atomic E-state index is 5.77. The predicted octanol–water partition coefficient (Wildman–Crippen LogP) is 3.70. The summed E-state index contributed by atoms with van der Waals surface area (Å²) in [6.45, 7) is 2.89. The Morgan fingerprint density at radius 2 is 1.11 bits per heavy atom. The van der Waals surface area contributed by atoms with E-state index in [2.05, 4.69) is 35.9 Å². The Labute approximate surface area is 175 Å². The number of nitrogens with zero attached hydrogens (tertiary/aromatic N) is 1. The van der Waals surface area contributed by atoms with Crippen LogP contribution in [0, 0.1) is 0 Å². The number of hydrogen-bond donors (Lipinski definition) is 1. The van der Waals surface area contributed by atoms with Gasteiger partial charge in [0.15, 0.2) is 18.6 Å². The first-order chi connectivity index (χ1) is 12.9. The van der Waals surface area contributed by atoms with Crippen LogP contribution in [0.1, 0.15) is 115 Å². The molecule has 0 bridgehead atoms. The van der Waals surface area contributed by atoms with Gasteiger partial charge in [-0.3, -0.25) is 5.73 Å². The van der Waals surface area contributed by atoms with Crippen LogP contribution < -0.4 is 22.7 Å². The summed E-state index contributed by atoms with van der Waals surface area (Å²) in [4.78, 5) is 0. The number of aromatic nitrogens is 1. The van der Waals surface area contributed by atoms with Crippen molar-refractivity contribution in [2.45, 2.75) is 123 Å². The summed E-state index contributed by atoms with van der Waals surface area (Å²) in [5.41, 5.74) is 7.15. The molecule has 0 saturated carbocycles. The average Bonchev–Trinajstić information content (AvgIpc) is 2.68. The Bertz CT molecular complexity index is 423. The Hall–Kier alpha value is -0.600. The van der Waals surface area contributed by atoms with Gasteiger partial charge < -0.3 is 12.4 Å². The van der Waals surface area contributed by atoms with E-state index < -0.39 is 0 Å². The molecule has 0 fully saturated rings. The summed E-state index contributed by atoms with van der Waals surface area (Å²) in [7, 11) is 0. The topological polar surface area (TPSA) is 29.9 Å². The minimum absolute atomic E-state index is 0. The smallest absolute Gasteiger partial charge is 0.199 e. The minimum atomic E-state index is 0. The molecule has 0 atom stereocenters. The van der Waals surface area contributed by atoms with Crippen LogP contribution in [0.3, 0.4) is 0 Å². The van der Waals surface area contributed by atoms with Crippen LogP contribution in [-0.2, 0) is 13.1 Å². The summed E-state index contributed by atoms with van der Waals surface area (Å²) < 4.78 is 2.16. The van der Waals surface area contributed by atoms with Gasteiger partial charge in [-0.1, -0.05) is 109 Å². The van der Waals surface area contributed by atoms with E-state index in [1.54, 1.807) is 0 Å². The zero-order valence-electron chi connectivity index (χ0n) is 17.9. The van der Waals surface area contributed by atoms with Gasteiger partial charge in [0.05, 0.1) is 0 Å². The van der Waals surface area contributed by atoms with Gasteiger partial charge in [0, 0.05) is 18.6 Å². The minimum Gasteiger partial charge on any atom is -1.00 e. The number of halogens is 1. The number of unbranched alkanes of at least 4 members (excludes halogenated alkanes) is 15. The molecule has 1 aromatic rings. The fraction of sp³-hybridized carbons (Fsp3) is 0.792. The highest BCUT2D eigenvalue weighted by atomic mass is 35.5. The van der Waals surface area contributed by atoms with E-state index in [9.17, 15) is 0 Å². The molecule has 0 unspecified atom stereocenters. The van der Waals surface area contributed by atoms with Gasteiger partial charge in [-0.15, -0.1) is 0 Å². The SMILES string of the molecule is CCCCCCCCCCCCCCCCCCc1cccc[n+]1CN.[Cl-]. The molecule has 1 aromatic heterocycles. The highest BCUT2D eigenvalue weighted by Gasteiger charge is 2.06. The van der Waals surface area contributed by atoms with Crippen LogP contribution in [0.2, 0.25) is 0 Å². The molecule has 2 N–H and O–H groups in total. The maximum absolute atomic E-state index is 5.77. The van der Waals surface area contributed by atoms with E-state index in [1.165, 1.54) is 108 Å². The summed E-state index contributed by atoms with van der Waals surface area (Å²) in [5, 5.41) is 0. The highest BCUT2D eigenvalue weighted by molar-refractivity contribution is 4.97. The lowest BCUT2D eigenvalue weighted by Gasteiger charge is -2.04. The second kappa shape index (κ2) is 20.1. The molecule has 0 aromatic carbocycles. The zero-order chi connectivity index (χ0) is 18.7. The van der Waals surface area contributed by atoms with Crippen molar-refractivity contribution in [2.24, 2.45) is 5.73 Å². The van der Waals surface area contributed by atoms with Crippen LogP contribution in [-0.4, -0.2) is 0 Å². The van der Waals surface area contributed by atoms with Crippen molar-refractivity contribution in [1.82, 2.24) is 0 Å². The first-order valence-electron chi connectivity index (χ1n) is 11.6.